The Labute approximate surface area is 329 Å². The number of Topliss-reactive ketones (excluding diaryl/α,β-unsaturated/α-hetero) is 4. The number of hydrogen-bond donors (Lipinski definition) is 1. The summed E-state index contributed by atoms with van der Waals surface area (Å²) in [7, 11) is 0. The number of nitrogens with one attached hydrogen (secondary N) is 1. The highest BCUT2D eigenvalue weighted by molar-refractivity contribution is 6.38. The quantitative estimate of drug-likeness (QED) is 0.155. The number of hydrogen-bond acceptors (Lipinski definition) is 7. The van der Waals surface area contributed by atoms with Crippen molar-refractivity contribution in [3.05, 3.63) is 0 Å². The molecule has 0 aromatic rings. The van der Waals surface area contributed by atoms with Crippen molar-refractivity contribution in [1.29, 1.82) is 0 Å². The molecule has 0 radical (unpaired) electrons. The van der Waals surface area contributed by atoms with Crippen LogP contribution >= 0.6 is 0 Å². The van der Waals surface area contributed by atoms with Gasteiger partial charge in [-0.15, -0.1) is 0 Å². The molecule has 7 atom stereocenters. The van der Waals surface area contributed by atoms with Gasteiger partial charge in [-0.25, -0.2) is 4.39 Å². The monoisotopic (exact) mass is 768 g/mol. The van der Waals surface area contributed by atoms with Crippen LogP contribution in [0.4, 0.5) is 4.39 Å². The second kappa shape index (κ2) is 16.0. The average Bonchev–Trinajstić information content (AvgIpc) is 3.86. The summed E-state index contributed by atoms with van der Waals surface area (Å²) in [6.45, 7) is 15.5. The van der Waals surface area contributed by atoms with Crippen molar-refractivity contribution in [3.63, 3.8) is 0 Å². The molecule has 0 bridgehead atoms. The maximum atomic E-state index is 15.2. The van der Waals surface area contributed by atoms with Crippen molar-refractivity contribution in [2.75, 3.05) is 19.6 Å². The summed E-state index contributed by atoms with van der Waals surface area (Å²) in [5.41, 5.74) is -0.835. The van der Waals surface area contributed by atoms with Crippen molar-refractivity contribution in [1.82, 2.24) is 15.1 Å². The summed E-state index contributed by atoms with van der Waals surface area (Å²) in [6.07, 6.45) is 10.7. The molecule has 6 aliphatic rings. The fourth-order valence-electron chi connectivity index (χ4n) is 12.0. The van der Waals surface area contributed by atoms with Crippen molar-refractivity contribution in [2.24, 2.45) is 45.3 Å². The Kier molecular flexibility index (Phi) is 12.3. The minimum Gasteiger partial charge on any atom is -0.345 e. The molecule has 2 amide bonds. The molecule has 2 heterocycles. The third-order valence-electron chi connectivity index (χ3n) is 15.9. The SMILES string of the molecule is CCC[C@H](CC(=O)[C@@H]1C[C@@]2(CN1C(=O)[C@@H](CC(=O)[C@@H](NC(=O)[C@@H]1C[C@@H](F)CN1CC)C1CCCCC1)C(C)(C)C)C(C)(C)C21CCC1)C(=O)C(=O)CC1CC1. The van der Waals surface area contributed by atoms with E-state index < -0.39 is 47.3 Å². The van der Waals surface area contributed by atoms with E-state index in [9.17, 15) is 28.4 Å². The molecule has 0 aromatic carbocycles. The highest BCUT2D eigenvalue weighted by atomic mass is 19.1. The zero-order chi connectivity index (χ0) is 40.1. The van der Waals surface area contributed by atoms with Gasteiger partial charge in [0.15, 0.2) is 17.3 Å². The van der Waals surface area contributed by atoms with Crippen LogP contribution in [-0.2, 0) is 28.8 Å². The van der Waals surface area contributed by atoms with Gasteiger partial charge in [0.05, 0.1) is 18.1 Å². The van der Waals surface area contributed by atoms with Crippen LogP contribution in [0.25, 0.3) is 0 Å². The van der Waals surface area contributed by atoms with Crippen LogP contribution in [0.1, 0.15) is 158 Å². The molecular formula is C45H70FN3O6. The number of ketones is 4. The average molecular weight is 768 g/mol. The first-order chi connectivity index (χ1) is 25.9. The molecule has 4 aliphatic carbocycles. The largest absolute Gasteiger partial charge is 0.345 e. The number of amides is 2. The molecule has 9 nitrogen and oxygen atoms in total. The Hall–Kier alpha value is -2.49. The molecule has 1 N–H and O–H groups in total. The number of halogens is 1. The van der Waals surface area contributed by atoms with Gasteiger partial charge < -0.3 is 10.2 Å². The topological polar surface area (TPSA) is 121 Å². The molecule has 55 heavy (non-hydrogen) atoms. The first-order valence-corrected chi connectivity index (χ1v) is 22.0. The number of nitrogens with zero attached hydrogens (tertiary/aromatic N) is 2. The number of carbonyl (C=O) groups excluding carboxylic acids is 6. The van der Waals surface area contributed by atoms with E-state index in [1.165, 1.54) is 0 Å². The number of likely N-dealkylation sites (N-methyl/N-ethyl adjacent to an activating group) is 1. The molecule has 308 valence electrons. The zero-order valence-corrected chi connectivity index (χ0v) is 35.0. The van der Waals surface area contributed by atoms with E-state index in [1.54, 1.807) is 4.90 Å². The lowest BCUT2D eigenvalue weighted by Crippen LogP contribution is -2.54. The van der Waals surface area contributed by atoms with Crippen LogP contribution in [0.3, 0.4) is 0 Å². The van der Waals surface area contributed by atoms with Crippen LogP contribution in [0.2, 0.25) is 0 Å². The molecule has 6 rings (SSSR count). The Morgan fingerprint density at radius 2 is 1.55 bits per heavy atom. The summed E-state index contributed by atoms with van der Waals surface area (Å²) in [5.74, 6) is -2.85. The van der Waals surface area contributed by atoms with Gasteiger partial charge in [0, 0.05) is 56.0 Å². The standard InChI is InChI=1S/C45H70FN3O6/c1-8-14-30(39(53)37(52)21-28-17-18-28)22-35(50)34-25-45(43(6,7)44(45)19-13-20-44)27-49(34)41(55)32(42(3,4)5)24-36(51)38(29-15-11-10-12-16-29)47-40(54)33-23-31(46)26-48(33)9-2/h28-34,38H,8-27H2,1-7H3,(H,47,54)/t30-,31-,32-,33+,34+,38+,45-/m1/s1. The Morgan fingerprint density at radius 3 is 2.09 bits per heavy atom. The number of likely N-dealkylation sites (tertiary alicyclic amines) is 2. The molecular weight excluding hydrogens is 698 g/mol. The summed E-state index contributed by atoms with van der Waals surface area (Å²) in [5, 5.41) is 3.10. The van der Waals surface area contributed by atoms with E-state index in [2.05, 4.69) is 19.2 Å². The van der Waals surface area contributed by atoms with E-state index in [1.807, 2.05) is 39.5 Å². The maximum absolute atomic E-state index is 15.2. The second-order valence-electron chi connectivity index (χ2n) is 20.3. The van der Waals surface area contributed by atoms with Gasteiger partial charge in [0.1, 0.15) is 6.17 Å². The van der Waals surface area contributed by atoms with Crippen molar-refractivity contribution < 1.29 is 33.2 Å². The highest BCUT2D eigenvalue weighted by Crippen LogP contribution is 2.88. The van der Waals surface area contributed by atoms with Crippen molar-refractivity contribution >= 4 is 34.9 Å². The fraction of sp³-hybridized carbons (Fsp3) is 0.867. The maximum Gasteiger partial charge on any atom is 0.238 e. The number of alkyl halides is 1. The highest BCUT2D eigenvalue weighted by Gasteiger charge is 2.85. The minimum atomic E-state index is -1.09. The molecule has 2 aliphatic heterocycles. The summed E-state index contributed by atoms with van der Waals surface area (Å²) in [4.78, 5) is 88.2. The normalized spacial score (nSPS) is 30.5. The summed E-state index contributed by atoms with van der Waals surface area (Å²) in [6, 6.07) is -2.11. The van der Waals surface area contributed by atoms with Gasteiger partial charge in [-0.05, 0) is 86.0 Å². The fourth-order valence-corrected chi connectivity index (χ4v) is 12.0. The van der Waals surface area contributed by atoms with Crippen LogP contribution < -0.4 is 5.32 Å². The van der Waals surface area contributed by atoms with Crippen LogP contribution in [0.5, 0.6) is 0 Å². The van der Waals surface area contributed by atoms with Gasteiger partial charge in [-0.1, -0.05) is 80.6 Å². The molecule has 4 saturated carbocycles. The smallest absolute Gasteiger partial charge is 0.238 e. The summed E-state index contributed by atoms with van der Waals surface area (Å²) < 4.78 is 14.5. The number of fused-ring (bicyclic) bond motifs is 1. The molecule has 2 saturated heterocycles. The zero-order valence-electron chi connectivity index (χ0n) is 35.0. The van der Waals surface area contributed by atoms with E-state index in [4.69, 9.17) is 0 Å². The second-order valence-corrected chi connectivity index (χ2v) is 20.3. The lowest BCUT2D eigenvalue weighted by molar-refractivity contribution is -0.147. The third-order valence-corrected chi connectivity index (χ3v) is 15.9. The lowest BCUT2D eigenvalue weighted by atomic mass is 9.73. The number of rotatable bonds is 17. The van der Waals surface area contributed by atoms with Crippen LogP contribution in [0, 0.1) is 45.3 Å². The van der Waals surface area contributed by atoms with Crippen LogP contribution in [-0.4, -0.2) is 88.7 Å². The summed E-state index contributed by atoms with van der Waals surface area (Å²) >= 11 is 0. The van der Waals surface area contributed by atoms with Crippen molar-refractivity contribution in [2.45, 2.75) is 182 Å². The van der Waals surface area contributed by atoms with Crippen LogP contribution in [0.15, 0.2) is 0 Å². The van der Waals surface area contributed by atoms with Gasteiger partial charge in [0.25, 0.3) is 0 Å². The lowest BCUT2D eigenvalue weighted by Gasteiger charge is -2.37. The van der Waals surface area contributed by atoms with Gasteiger partial charge in [-0.2, -0.15) is 0 Å². The predicted octanol–water partition coefficient (Wildman–Crippen LogP) is 7.22. The predicted molar refractivity (Wildman–Crippen MR) is 210 cm³/mol. The Bertz CT molecular complexity index is 1510. The molecule has 6 fully saturated rings. The van der Waals surface area contributed by atoms with E-state index in [0.717, 1.165) is 64.2 Å². The molecule has 10 heteroatoms. The minimum absolute atomic E-state index is 0.0500. The third kappa shape index (κ3) is 7.89. The first-order valence-electron chi connectivity index (χ1n) is 22.0. The number of carbonyl (C=O) groups is 6. The van der Waals surface area contributed by atoms with E-state index in [0.29, 0.717) is 32.4 Å². The van der Waals surface area contributed by atoms with E-state index >= 15 is 4.79 Å². The molecule has 0 aromatic heterocycles. The Balaban J connectivity index is 1.26. The Morgan fingerprint density at radius 1 is 0.873 bits per heavy atom. The molecule has 0 unspecified atom stereocenters. The van der Waals surface area contributed by atoms with Gasteiger partial charge >= 0.3 is 0 Å². The molecule has 2 spiro atoms. The van der Waals surface area contributed by atoms with Gasteiger partial charge in [-0.3, -0.25) is 33.7 Å². The van der Waals surface area contributed by atoms with E-state index in [-0.39, 0.29) is 89.5 Å². The van der Waals surface area contributed by atoms with Gasteiger partial charge in [0.2, 0.25) is 17.6 Å². The van der Waals surface area contributed by atoms with Crippen molar-refractivity contribution in [3.8, 4) is 0 Å². The first kappa shape index (κ1) is 42.1.